The Labute approximate surface area is 188 Å². The third-order valence-corrected chi connectivity index (χ3v) is 6.69. The van der Waals surface area contributed by atoms with Gasteiger partial charge in [0.2, 0.25) is 5.13 Å². The average Bonchev–Trinajstić information content (AvgIpc) is 3.24. The quantitative estimate of drug-likeness (QED) is 0.306. The van der Waals surface area contributed by atoms with Crippen molar-refractivity contribution >= 4 is 45.0 Å². The maximum atomic E-state index is 13.0. The van der Waals surface area contributed by atoms with Gasteiger partial charge in [-0.15, -0.1) is 10.2 Å². The van der Waals surface area contributed by atoms with Crippen LogP contribution >= 0.6 is 23.1 Å². The zero-order valence-electron chi connectivity index (χ0n) is 17.0. The second-order valence-corrected chi connectivity index (χ2v) is 9.39. The Morgan fingerprint density at radius 2 is 1.94 bits per heavy atom. The lowest BCUT2D eigenvalue weighted by Crippen LogP contribution is -2.13. The molecule has 0 fully saturated rings. The summed E-state index contributed by atoms with van der Waals surface area (Å²) in [4.78, 5) is 17.7. The molecule has 0 unspecified atom stereocenters. The first kappa shape index (κ1) is 21.0. The number of nitrogens with zero attached hydrogens (tertiary/aromatic N) is 4. The van der Waals surface area contributed by atoms with Crippen molar-refractivity contribution in [3.05, 3.63) is 77.0 Å². The molecule has 4 aromatic rings. The lowest BCUT2D eigenvalue weighted by molar-refractivity contribution is 0.102. The molecular formula is C23H19N5OS2. The van der Waals surface area contributed by atoms with Crippen LogP contribution < -0.4 is 5.32 Å². The normalized spacial score (nSPS) is 10.9. The van der Waals surface area contributed by atoms with Gasteiger partial charge in [-0.25, -0.2) is 0 Å². The maximum Gasteiger partial charge on any atom is 0.258 e. The van der Waals surface area contributed by atoms with Crippen LogP contribution in [0.2, 0.25) is 0 Å². The number of benzene rings is 2. The third kappa shape index (κ3) is 4.90. The number of carbonyl (C=O) groups is 1. The molecule has 0 aliphatic rings. The minimum Gasteiger partial charge on any atom is -0.296 e. The van der Waals surface area contributed by atoms with Crippen LogP contribution in [0.4, 0.5) is 5.13 Å². The lowest BCUT2D eigenvalue weighted by atomic mass is 10.0. The molecule has 0 atom stereocenters. The van der Waals surface area contributed by atoms with E-state index in [9.17, 15) is 4.79 Å². The predicted molar refractivity (Wildman–Crippen MR) is 124 cm³/mol. The highest BCUT2D eigenvalue weighted by molar-refractivity contribution is 8.00. The van der Waals surface area contributed by atoms with Gasteiger partial charge in [0.1, 0.15) is 0 Å². The summed E-state index contributed by atoms with van der Waals surface area (Å²) < 4.78 is 0.766. The van der Waals surface area contributed by atoms with E-state index >= 15 is 0 Å². The first-order valence-corrected chi connectivity index (χ1v) is 11.5. The van der Waals surface area contributed by atoms with Crippen molar-refractivity contribution in [2.75, 3.05) is 5.32 Å². The van der Waals surface area contributed by atoms with Gasteiger partial charge >= 0.3 is 0 Å². The van der Waals surface area contributed by atoms with E-state index in [1.165, 1.54) is 11.3 Å². The number of nitriles is 1. The van der Waals surface area contributed by atoms with E-state index in [0.717, 1.165) is 26.5 Å². The second kappa shape index (κ2) is 9.25. The zero-order valence-corrected chi connectivity index (χ0v) is 18.6. The number of amides is 1. The lowest BCUT2D eigenvalue weighted by Gasteiger charge is -2.11. The molecule has 2 aromatic carbocycles. The van der Waals surface area contributed by atoms with Gasteiger partial charge in [0.15, 0.2) is 4.34 Å². The Balaban J connectivity index is 1.48. The second-order valence-electron chi connectivity index (χ2n) is 7.19. The van der Waals surface area contributed by atoms with Gasteiger partial charge in [-0.1, -0.05) is 67.3 Å². The molecule has 154 valence electrons. The smallest absolute Gasteiger partial charge is 0.258 e. The Morgan fingerprint density at radius 1 is 1.16 bits per heavy atom. The van der Waals surface area contributed by atoms with Crippen LogP contribution in [0, 0.1) is 11.3 Å². The van der Waals surface area contributed by atoms with Crippen molar-refractivity contribution in [1.29, 1.82) is 5.26 Å². The summed E-state index contributed by atoms with van der Waals surface area (Å²) in [5, 5.41) is 21.3. The zero-order chi connectivity index (χ0) is 21.8. The first-order valence-electron chi connectivity index (χ1n) is 9.70. The fraction of sp³-hybridized carbons (Fsp3) is 0.174. The monoisotopic (exact) mass is 445 g/mol. The Morgan fingerprint density at radius 3 is 2.68 bits per heavy atom. The SMILES string of the molecule is CC(C)c1cc(C(=O)Nc2nnc(SCc3ccc(C#N)cc3)s2)c2ccccc2n1. The number of thioether (sulfide) groups is 1. The standard InChI is InChI=1S/C23H19N5OS2/c1-14(2)20-11-18(17-5-3-4-6-19(17)25-20)21(29)26-22-27-28-23(31-22)30-13-16-9-7-15(12-24)8-10-16/h3-11,14H,13H2,1-2H3,(H,26,27,29). The number of aromatic nitrogens is 3. The molecular weight excluding hydrogens is 426 g/mol. The van der Waals surface area contributed by atoms with Crippen LogP contribution in [-0.2, 0) is 5.75 Å². The summed E-state index contributed by atoms with van der Waals surface area (Å²) in [6, 6.07) is 19.1. The highest BCUT2D eigenvalue weighted by Crippen LogP contribution is 2.29. The molecule has 0 bridgehead atoms. The van der Waals surface area contributed by atoms with Gasteiger partial charge in [-0.05, 0) is 35.7 Å². The molecule has 6 nitrogen and oxygen atoms in total. The van der Waals surface area contributed by atoms with Crippen molar-refractivity contribution in [2.24, 2.45) is 0 Å². The molecule has 8 heteroatoms. The number of hydrogen-bond donors (Lipinski definition) is 1. The fourth-order valence-corrected chi connectivity index (χ4v) is 4.69. The fourth-order valence-electron chi connectivity index (χ4n) is 2.98. The largest absolute Gasteiger partial charge is 0.296 e. The van der Waals surface area contributed by atoms with Crippen LogP contribution in [0.1, 0.15) is 46.9 Å². The van der Waals surface area contributed by atoms with Crippen molar-refractivity contribution in [2.45, 2.75) is 29.9 Å². The number of para-hydroxylation sites is 1. The number of fused-ring (bicyclic) bond motifs is 1. The van der Waals surface area contributed by atoms with Crippen molar-refractivity contribution in [3.8, 4) is 6.07 Å². The summed E-state index contributed by atoms with van der Waals surface area (Å²) in [5.41, 5.74) is 3.99. The molecule has 2 heterocycles. The van der Waals surface area contributed by atoms with Gasteiger partial charge in [-0.2, -0.15) is 5.26 Å². The van der Waals surface area contributed by atoms with E-state index < -0.39 is 0 Å². The molecule has 0 aliphatic carbocycles. The van der Waals surface area contributed by atoms with E-state index in [1.54, 1.807) is 23.9 Å². The highest BCUT2D eigenvalue weighted by Gasteiger charge is 2.16. The van der Waals surface area contributed by atoms with Crippen LogP contribution in [0.3, 0.4) is 0 Å². The molecule has 4 rings (SSSR count). The Hall–Kier alpha value is -3.28. The summed E-state index contributed by atoms with van der Waals surface area (Å²) >= 11 is 2.88. The number of hydrogen-bond acceptors (Lipinski definition) is 7. The average molecular weight is 446 g/mol. The highest BCUT2D eigenvalue weighted by atomic mass is 32.2. The van der Waals surface area contributed by atoms with E-state index in [1.807, 2.05) is 42.5 Å². The number of anilines is 1. The summed E-state index contributed by atoms with van der Waals surface area (Å²) in [5.74, 6) is 0.698. The Bertz CT molecular complexity index is 1280. The number of pyridine rings is 1. The maximum absolute atomic E-state index is 13.0. The molecule has 31 heavy (non-hydrogen) atoms. The van der Waals surface area contributed by atoms with Crippen LogP contribution in [-0.4, -0.2) is 21.1 Å². The van der Waals surface area contributed by atoms with Crippen LogP contribution in [0.15, 0.2) is 58.9 Å². The van der Waals surface area contributed by atoms with Gasteiger partial charge in [-0.3, -0.25) is 15.1 Å². The van der Waals surface area contributed by atoms with Gasteiger partial charge in [0.05, 0.1) is 22.7 Å². The molecule has 0 radical (unpaired) electrons. The van der Waals surface area contributed by atoms with Crippen molar-refractivity contribution in [1.82, 2.24) is 15.2 Å². The van der Waals surface area contributed by atoms with E-state index in [0.29, 0.717) is 22.0 Å². The third-order valence-electron chi connectivity index (χ3n) is 4.64. The number of carbonyl (C=O) groups excluding carboxylic acids is 1. The van der Waals surface area contributed by atoms with Gasteiger partial charge in [0.25, 0.3) is 5.91 Å². The predicted octanol–water partition coefficient (Wildman–Crippen LogP) is 5.63. The Kier molecular flexibility index (Phi) is 6.26. The molecule has 0 aliphatic heterocycles. The molecule has 0 saturated carbocycles. The number of nitrogens with one attached hydrogen (secondary N) is 1. The number of rotatable bonds is 6. The molecule has 2 aromatic heterocycles. The van der Waals surface area contributed by atoms with E-state index in [-0.39, 0.29) is 11.8 Å². The van der Waals surface area contributed by atoms with Gasteiger partial charge in [0, 0.05) is 16.8 Å². The molecule has 0 saturated heterocycles. The van der Waals surface area contributed by atoms with E-state index in [4.69, 9.17) is 5.26 Å². The summed E-state index contributed by atoms with van der Waals surface area (Å²) in [7, 11) is 0. The first-order chi connectivity index (χ1) is 15.0. The summed E-state index contributed by atoms with van der Waals surface area (Å²) in [6.07, 6.45) is 0. The summed E-state index contributed by atoms with van der Waals surface area (Å²) in [6.45, 7) is 4.11. The van der Waals surface area contributed by atoms with Crippen LogP contribution in [0.5, 0.6) is 0 Å². The minimum absolute atomic E-state index is 0.211. The molecule has 1 amide bonds. The van der Waals surface area contributed by atoms with Gasteiger partial charge < -0.3 is 0 Å². The topological polar surface area (TPSA) is 91.6 Å². The van der Waals surface area contributed by atoms with Crippen LogP contribution in [0.25, 0.3) is 10.9 Å². The van der Waals surface area contributed by atoms with Crippen molar-refractivity contribution in [3.63, 3.8) is 0 Å². The van der Waals surface area contributed by atoms with E-state index in [2.05, 4.69) is 40.4 Å². The molecule has 0 spiro atoms. The molecule has 1 N–H and O–H groups in total. The minimum atomic E-state index is -0.222. The van der Waals surface area contributed by atoms with Crippen molar-refractivity contribution < 1.29 is 4.79 Å².